The molecule has 1 aliphatic heterocycles. The minimum absolute atomic E-state index is 0.00591. The Morgan fingerprint density at radius 3 is 2.39 bits per heavy atom. The first-order valence-electron chi connectivity index (χ1n) is 7.76. The summed E-state index contributed by atoms with van der Waals surface area (Å²) in [5.74, 6) is 0. The van der Waals surface area contributed by atoms with E-state index in [9.17, 15) is 13.2 Å². The van der Waals surface area contributed by atoms with E-state index >= 15 is 0 Å². The third kappa shape index (κ3) is 4.91. The second-order valence-electron chi connectivity index (χ2n) is 5.60. The Morgan fingerprint density at radius 2 is 1.83 bits per heavy atom. The summed E-state index contributed by atoms with van der Waals surface area (Å²) in [5, 5.41) is 1.84. The number of rotatable bonds is 9. The molecular formula is C16H23F3N2O2. The Balaban J connectivity index is 1.97. The molecule has 0 bridgehead atoms. The van der Waals surface area contributed by atoms with Crippen LogP contribution in [-0.2, 0) is 15.8 Å². The van der Waals surface area contributed by atoms with Gasteiger partial charge in [0.2, 0.25) is 0 Å². The smallest absolute Gasteiger partial charge is 0.385 e. The lowest BCUT2D eigenvalue weighted by molar-refractivity contribution is -0.137. The fourth-order valence-electron chi connectivity index (χ4n) is 2.71. The number of nitrogens with two attached hydrogens (primary N) is 1. The molecule has 1 fully saturated rings. The maximum absolute atomic E-state index is 12.6. The number of unbranched alkanes of at least 4 members (excludes halogenated alkanes) is 1. The van der Waals surface area contributed by atoms with Crippen LogP contribution in [0.1, 0.15) is 36.4 Å². The van der Waals surface area contributed by atoms with E-state index < -0.39 is 11.7 Å². The van der Waals surface area contributed by atoms with Gasteiger partial charge >= 0.3 is 6.18 Å². The van der Waals surface area contributed by atoms with E-state index in [-0.39, 0.29) is 12.1 Å². The second kappa shape index (κ2) is 8.10. The summed E-state index contributed by atoms with van der Waals surface area (Å²) in [6.07, 6.45) is -1.45. The van der Waals surface area contributed by atoms with Crippen molar-refractivity contribution < 1.29 is 22.7 Å². The third-order valence-electron chi connectivity index (χ3n) is 3.91. The minimum atomic E-state index is -4.31. The molecule has 1 aliphatic rings. The van der Waals surface area contributed by atoms with Crippen LogP contribution in [-0.4, -0.2) is 38.0 Å². The molecule has 3 unspecified atom stereocenters. The Labute approximate surface area is 134 Å². The van der Waals surface area contributed by atoms with Crippen LogP contribution in [0.5, 0.6) is 0 Å². The SMILES string of the molecule is COCCCCC1C(c2ccc(C(F)(F)F)cc2)N1OCCN. The Hall–Kier alpha value is -1.15. The van der Waals surface area contributed by atoms with Gasteiger partial charge in [0, 0.05) is 20.3 Å². The molecule has 0 saturated carbocycles. The van der Waals surface area contributed by atoms with Gasteiger partial charge in [0.25, 0.3) is 0 Å². The Kier molecular flexibility index (Phi) is 6.41. The van der Waals surface area contributed by atoms with Gasteiger partial charge in [-0.25, -0.2) is 0 Å². The van der Waals surface area contributed by atoms with Crippen LogP contribution in [0.2, 0.25) is 0 Å². The van der Waals surface area contributed by atoms with E-state index in [2.05, 4.69) is 0 Å². The van der Waals surface area contributed by atoms with Crippen molar-refractivity contribution in [1.82, 2.24) is 5.06 Å². The van der Waals surface area contributed by atoms with Crippen molar-refractivity contribution in [3.63, 3.8) is 0 Å². The van der Waals surface area contributed by atoms with Gasteiger partial charge in [0.1, 0.15) is 0 Å². The minimum Gasteiger partial charge on any atom is -0.385 e. The highest BCUT2D eigenvalue weighted by Gasteiger charge is 2.49. The van der Waals surface area contributed by atoms with Gasteiger partial charge in [-0.1, -0.05) is 12.1 Å². The molecule has 23 heavy (non-hydrogen) atoms. The molecule has 1 aromatic carbocycles. The molecule has 1 heterocycles. The summed E-state index contributed by atoms with van der Waals surface area (Å²) >= 11 is 0. The predicted molar refractivity (Wildman–Crippen MR) is 80.5 cm³/mol. The van der Waals surface area contributed by atoms with Crippen LogP contribution in [0.25, 0.3) is 0 Å². The average molecular weight is 332 g/mol. The zero-order chi connectivity index (χ0) is 16.9. The fourth-order valence-corrected chi connectivity index (χ4v) is 2.71. The topological polar surface area (TPSA) is 47.5 Å². The summed E-state index contributed by atoms with van der Waals surface area (Å²) in [7, 11) is 1.67. The number of ether oxygens (including phenoxy) is 1. The highest BCUT2D eigenvalue weighted by molar-refractivity contribution is 5.30. The number of hydrogen-bond donors (Lipinski definition) is 1. The zero-order valence-corrected chi connectivity index (χ0v) is 13.2. The largest absolute Gasteiger partial charge is 0.416 e. The summed E-state index contributed by atoms with van der Waals surface area (Å²) < 4.78 is 42.9. The van der Waals surface area contributed by atoms with Crippen molar-refractivity contribution in [3.8, 4) is 0 Å². The van der Waals surface area contributed by atoms with E-state index in [0.717, 1.165) is 37.0 Å². The number of nitrogens with zero attached hydrogens (tertiary/aromatic N) is 1. The molecule has 1 aromatic rings. The Morgan fingerprint density at radius 1 is 1.13 bits per heavy atom. The molecule has 0 aliphatic carbocycles. The molecule has 1 saturated heterocycles. The highest BCUT2D eigenvalue weighted by Crippen LogP contribution is 2.46. The van der Waals surface area contributed by atoms with Gasteiger partial charge in [0.15, 0.2) is 0 Å². The van der Waals surface area contributed by atoms with Gasteiger partial charge in [-0.3, -0.25) is 4.84 Å². The first kappa shape index (κ1) is 18.2. The van der Waals surface area contributed by atoms with Crippen LogP contribution in [0.4, 0.5) is 13.2 Å². The number of methoxy groups -OCH3 is 1. The van der Waals surface area contributed by atoms with Gasteiger partial charge < -0.3 is 10.5 Å². The molecule has 0 aromatic heterocycles. The summed E-state index contributed by atoms with van der Waals surface area (Å²) in [6.45, 7) is 1.53. The molecule has 7 heteroatoms. The number of halogens is 3. The lowest BCUT2D eigenvalue weighted by Crippen LogP contribution is -2.13. The monoisotopic (exact) mass is 332 g/mol. The second-order valence-corrected chi connectivity index (χ2v) is 5.60. The highest BCUT2D eigenvalue weighted by atomic mass is 19.4. The maximum atomic E-state index is 12.6. The third-order valence-corrected chi connectivity index (χ3v) is 3.91. The number of hydrogen-bond acceptors (Lipinski definition) is 4. The van der Waals surface area contributed by atoms with Crippen LogP contribution >= 0.6 is 0 Å². The van der Waals surface area contributed by atoms with Gasteiger partial charge in [-0.15, -0.1) is 0 Å². The van der Waals surface area contributed by atoms with Crippen LogP contribution in [0.3, 0.4) is 0 Å². The van der Waals surface area contributed by atoms with Crippen molar-refractivity contribution in [2.45, 2.75) is 37.5 Å². The molecule has 2 rings (SSSR count). The lowest BCUT2D eigenvalue weighted by atomic mass is 10.0. The molecule has 2 N–H and O–H groups in total. The summed E-state index contributed by atoms with van der Waals surface area (Å²) in [6, 6.07) is 5.50. The van der Waals surface area contributed by atoms with Crippen molar-refractivity contribution in [2.75, 3.05) is 26.9 Å². The normalized spacial score (nSPS) is 24.0. The number of benzene rings is 1. The van der Waals surface area contributed by atoms with Crippen LogP contribution < -0.4 is 5.73 Å². The molecule has 0 spiro atoms. The molecular weight excluding hydrogens is 309 g/mol. The molecule has 130 valence electrons. The summed E-state index contributed by atoms with van der Waals surface area (Å²) in [5.41, 5.74) is 5.66. The van der Waals surface area contributed by atoms with Gasteiger partial charge in [-0.2, -0.15) is 18.2 Å². The standard InChI is InChI=1S/C16H23F3N2O2/c1-22-10-3-2-4-14-15(21(14)23-11-9-20)12-5-7-13(8-6-12)16(17,18)19/h5-8,14-15H,2-4,9-11,20H2,1H3. The Bertz CT molecular complexity index is 479. The van der Waals surface area contributed by atoms with E-state index in [1.165, 1.54) is 12.1 Å². The van der Waals surface area contributed by atoms with Gasteiger partial charge in [-0.05, 0) is 37.0 Å². The quantitative estimate of drug-likeness (QED) is 0.557. The van der Waals surface area contributed by atoms with Crippen molar-refractivity contribution in [1.29, 1.82) is 0 Å². The molecule has 3 atom stereocenters. The van der Waals surface area contributed by atoms with Crippen LogP contribution in [0, 0.1) is 0 Å². The van der Waals surface area contributed by atoms with Crippen molar-refractivity contribution in [2.24, 2.45) is 5.73 Å². The van der Waals surface area contributed by atoms with E-state index in [1.54, 1.807) is 7.11 Å². The van der Waals surface area contributed by atoms with E-state index in [0.29, 0.717) is 19.8 Å². The molecule has 4 nitrogen and oxygen atoms in total. The number of hydroxylamine groups is 2. The van der Waals surface area contributed by atoms with Crippen LogP contribution in [0.15, 0.2) is 24.3 Å². The molecule has 0 amide bonds. The maximum Gasteiger partial charge on any atom is 0.416 e. The van der Waals surface area contributed by atoms with Crippen molar-refractivity contribution in [3.05, 3.63) is 35.4 Å². The molecule has 0 radical (unpaired) electrons. The van der Waals surface area contributed by atoms with E-state index in [4.69, 9.17) is 15.3 Å². The average Bonchev–Trinajstić information content (AvgIpc) is 3.21. The first-order valence-corrected chi connectivity index (χ1v) is 7.76. The zero-order valence-electron chi connectivity index (χ0n) is 13.2. The summed E-state index contributed by atoms with van der Waals surface area (Å²) in [4.78, 5) is 5.59. The van der Waals surface area contributed by atoms with Crippen molar-refractivity contribution >= 4 is 0 Å². The number of alkyl halides is 3. The van der Waals surface area contributed by atoms with Gasteiger partial charge in [0.05, 0.1) is 24.3 Å². The fraction of sp³-hybridized carbons (Fsp3) is 0.625. The van der Waals surface area contributed by atoms with E-state index in [1.807, 2.05) is 5.06 Å². The lowest BCUT2D eigenvalue weighted by Gasteiger charge is -2.07. The first-order chi connectivity index (χ1) is 11.0. The predicted octanol–water partition coefficient (Wildman–Crippen LogP) is 3.14.